The number of piperazine rings is 1. The van der Waals surface area contributed by atoms with Crippen molar-refractivity contribution in [2.75, 3.05) is 26.2 Å². The van der Waals surface area contributed by atoms with Crippen LogP contribution in [0.25, 0.3) is 0 Å². The van der Waals surface area contributed by atoms with Gasteiger partial charge >= 0.3 is 0 Å². The lowest BCUT2D eigenvalue weighted by atomic mass is 10.0. The van der Waals surface area contributed by atoms with E-state index in [1.165, 1.54) is 0 Å². The smallest absolute Gasteiger partial charge is 0.222 e. The Morgan fingerprint density at radius 3 is 2.70 bits per heavy atom. The second-order valence-electron chi connectivity index (χ2n) is 6.12. The number of furan rings is 1. The van der Waals surface area contributed by atoms with E-state index in [0.717, 1.165) is 44.9 Å². The quantitative estimate of drug-likeness (QED) is 0.725. The molecule has 1 fully saturated rings. The van der Waals surface area contributed by atoms with E-state index in [-0.39, 0.29) is 11.6 Å². The number of carbonyl (C=O) groups excluding carboxylic acids is 1. The fourth-order valence-electron chi connectivity index (χ4n) is 2.91. The van der Waals surface area contributed by atoms with Crippen LogP contribution in [0.5, 0.6) is 0 Å². The average Bonchev–Trinajstić information content (AvgIpc) is 3.17. The molecule has 1 saturated heterocycles. The van der Waals surface area contributed by atoms with Crippen molar-refractivity contribution in [3.05, 3.63) is 24.2 Å². The summed E-state index contributed by atoms with van der Waals surface area (Å²) in [6.45, 7) is 4.10. The molecule has 0 radical (unpaired) electrons. The zero-order chi connectivity index (χ0) is 16.1. The van der Waals surface area contributed by atoms with Gasteiger partial charge in [-0.15, -0.1) is 12.3 Å². The highest BCUT2D eigenvalue weighted by Crippen LogP contribution is 2.37. The molecule has 0 saturated carbocycles. The summed E-state index contributed by atoms with van der Waals surface area (Å²) in [5.74, 6) is 3.77. The number of nitrogens with zero attached hydrogens (tertiary/aromatic N) is 4. The van der Waals surface area contributed by atoms with Gasteiger partial charge in [-0.05, 0) is 12.1 Å². The van der Waals surface area contributed by atoms with Crippen molar-refractivity contribution < 1.29 is 9.21 Å². The first kappa shape index (κ1) is 15.8. The Morgan fingerprint density at radius 1 is 1.30 bits per heavy atom. The first-order valence-electron chi connectivity index (χ1n) is 8.11. The van der Waals surface area contributed by atoms with Crippen molar-refractivity contribution in [1.29, 1.82) is 0 Å². The predicted molar refractivity (Wildman–Crippen MR) is 85.5 cm³/mol. The summed E-state index contributed by atoms with van der Waals surface area (Å²) in [4.78, 5) is 16.6. The molecule has 3 rings (SSSR count). The highest BCUT2D eigenvalue weighted by molar-refractivity contribution is 5.76. The maximum Gasteiger partial charge on any atom is 0.222 e. The minimum atomic E-state index is -0.358. The molecule has 0 unspecified atom stereocenters. The Balaban J connectivity index is 1.38. The maximum atomic E-state index is 12.3. The van der Waals surface area contributed by atoms with Crippen LogP contribution in [0.3, 0.4) is 0 Å². The van der Waals surface area contributed by atoms with Gasteiger partial charge in [-0.2, -0.15) is 10.2 Å². The van der Waals surface area contributed by atoms with Crippen LogP contribution in [-0.4, -0.2) is 47.5 Å². The van der Waals surface area contributed by atoms with E-state index < -0.39 is 0 Å². The Morgan fingerprint density at radius 2 is 2.09 bits per heavy atom. The second-order valence-corrected chi connectivity index (χ2v) is 6.12. The molecule has 0 N–H and O–H groups in total. The summed E-state index contributed by atoms with van der Waals surface area (Å²) in [6, 6.07) is 3.88. The number of rotatable bonds is 7. The van der Waals surface area contributed by atoms with E-state index in [1.54, 1.807) is 6.26 Å². The third kappa shape index (κ3) is 4.20. The van der Waals surface area contributed by atoms with Crippen LogP contribution < -0.4 is 0 Å². The molecule has 122 valence electrons. The van der Waals surface area contributed by atoms with Crippen LogP contribution >= 0.6 is 0 Å². The van der Waals surface area contributed by atoms with Crippen LogP contribution in [0.15, 0.2) is 33.0 Å². The normalized spacial score (nSPS) is 19.5. The summed E-state index contributed by atoms with van der Waals surface area (Å²) >= 11 is 0. The first-order chi connectivity index (χ1) is 11.2. The van der Waals surface area contributed by atoms with Crippen LogP contribution in [-0.2, 0) is 11.3 Å². The molecular formula is C17H22N4O2. The van der Waals surface area contributed by atoms with Gasteiger partial charge in [0.2, 0.25) is 5.91 Å². The Bertz CT molecular complexity index is 589. The molecule has 23 heavy (non-hydrogen) atoms. The fourth-order valence-corrected chi connectivity index (χ4v) is 2.91. The number of amides is 1. The van der Waals surface area contributed by atoms with Crippen LogP contribution in [0, 0.1) is 12.3 Å². The lowest BCUT2D eigenvalue weighted by Crippen LogP contribution is -2.48. The van der Waals surface area contributed by atoms with E-state index in [2.05, 4.69) is 21.0 Å². The molecular weight excluding hydrogens is 292 g/mol. The molecule has 0 atom stereocenters. The van der Waals surface area contributed by atoms with Crippen molar-refractivity contribution >= 4 is 5.91 Å². The van der Waals surface area contributed by atoms with E-state index in [9.17, 15) is 4.79 Å². The Kier molecular flexibility index (Phi) is 4.77. The summed E-state index contributed by atoms with van der Waals surface area (Å²) in [5, 5.41) is 8.16. The topological polar surface area (TPSA) is 61.4 Å². The molecule has 6 nitrogen and oxygen atoms in total. The van der Waals surface area contributed by atoms with Gasteiger partial charge in [0, 0.05) is 51.9 Å². The maximum absolute atomic E-state index is 12.3. The van der Waals surface area contributed by atoms with E-state index in [0.29, 0.717) is 19.3 Å². The summed E-state index contributed by atoms with van der Waals surface area (Å²) in [7, 11) is 0. The summed E-state index contributed by atoms with van der Waals surface area (Å²) in [5.41, 5.74) is -0.358. The molecule has 2 aliphatic heterocycles. The van der Waals surface area contributed by atoms with Crippen molar-refractivity contribution in [2.24, 2.45) is 10.2 Å². The monoisotopic (exact) mass is 314 g/mol. The van der Waals surface area contributed by atoms with E-state index in [1.807, 2.05) is 17.0 Å². The van der Waals surface area contributed by atoms with Crippen molar-refractivity contribution in [1.82, 2.24) is 9.80 Å². The van der Waals surface area contributed by atoms with Gasteiger partial charge in [0.05, 0.1) is 12.8 Å². The molecule has 3 heterocycles. The molecule has 0 bridgehead atoms. The van der Waals surface area contributed by atoms with E-state index in [4.69, 9.17) is 10.8 Å². The lowest BCUT2D eigenvalue weighted by Gasteiger charge is -2.34. The van der Waals surface area contributed by atoms with Crippen LogP contribution in [0.1, 0.15) is 31.4 Å². The third-order valence-corrected chi connectivity index (χ3v) is 4.48. The average molecular weight is 314 g/mol. The Labute approximate surface area is 136 Å². The number of hydrogen-bond donors (Lipinski definition) is 0. The van der Waals surface area contributed by atoms with Crippen molar-refractivity contribution in [3.63, 3.8) is 0 Å². The number of hydrogen-bond acceptors (Lipinski definition) is 5. The van der Waals surface area contributed by atoms with Gasteiger partial charge in [0.25, 0.3) is 0 Å². The molecule has 0 spiro atoms. The van der Waals surface area contributed by atoms with Crippen molar-refractivity contribution in [2.45, 2.75) is 37.9 Å². The first-order valence-corrected chi connectivity index (χ1v) is 8.11. The molecule has 1 amide bonds. The molecule has 0 aromatic carbocycles. The van der Waals surface area contributed by atoms with Gasteiger partial charge in [0.1, 0.15) is 5.76 Å². The third-order valence-electron chi connectivity index (χ3n) is 4.48. The van der Waals surface area contributed by atoms with Gasteiger partial charge in [-0.1, -0.05) is 0 Å². The highest BCUT2D eigenvalue weighted by atomic mass is 16.3. The summed E-state index contributed by atoms with van der Waals surface area (Å²) < 4.78 is 5.37. The zero-order valence-corrected chi connectivity index (χ0v) is 13.3. The van der Waals surface area contributed by atoms with Crippen molar-refractivity contribution in [3.8, 4) is 12.3 Å². The molecule has 6 heteroatoms. The second kappa shape index (κ2) is 6.97. The molecule has 1 aromatic heterocycles. The van der Waals surface area contributed by atoms with Gasteiger partial charge < -0.3 is 9.32 Å². The zero-order valence-electron chi connectivity index (χ0n) is 13.3. The molecule has 2 aliphatic rings. The summed E-state index contributed by atoms with van der Waals surface area (Å²) in [6.07, 6.45) is 9.56. The van der Waals surface area contributed by atoms with Gasteiger partial charge in [-0.25, -0.2) is 0 Å². The number of carbonyl (C=O) groups is 1. The predicted octanol–water partition coefficient (Wildman–Crippen LogP) is 2.28. The van der Waals surface area contributed by atoms with Crippen LogP contribution in [0.2, 0.25) is 0 Å². The fraction of sp³-hybridized carbons (Fsp3) is 0.588. The van der Waals surface area contributed by atoms with Crippen LogP contribution in [0.4, 0.5) is 0 Å². The SMILES string of the molecule is C#CCCC1(CCC(=O)N2CCN(Cc3ccco3)CC2)N=N1. The highest BCUT2D eigenvalue weighted by Gasteiger charge is 2.39. The van der Waals surface area contributed by atoms with Gasteiger partial charge in [0.15, 0.2) is 5.66 Å². The lowest BCUT2D eigenvalue weighted by molar-refractivity contribution is -0.133. The minimum Gasteiger partial charge on any atom is -0.468 e. The standard InChI is InChI=1S/C17H22N4O2/c1-2-3-7-17(18-19-17)8-6-16(22)21-11-9-20(10-12-21)14-15-5-4-13-23-15/h1,4-5,13H,3,6-12,14H2. The van der Waals surface area contributed by atoms with E-state index >= 15 is 0 Å². The number of terminal acetylenes is 1. The molecule has 0 aliphatic carbocycles. The molecule has 1 aromatic rings. The minimum absolute atomic E-state index is 0.194. The largest absolute Gasteiger partial charge is 0.468 e. The Hall–Kier alpha value is -2.13. The van der Waals surface area contributed by atoms with Gasteiger partial charge in [-0.3, -0.25) is 9.69 Å².